The summed E-state index contributed by atoms with van der Waals surface area (Å²) in [5.74, 6) is 0.946. The van der Waals surface area contributed by atoms with Gasteiger partial charge in [-0.2, -0.15) is 0 Å². The van der Waals surface area contributed by atoms with Gasteiger partial charge in [0.25, 0.3) is 0 Å². The Labute approximate surface area is 108 Å². The van der Waals surface area contributed by atoms with Crippen LogP contribution in [0.5, 0.6) is 5.75 Å². The predicted molar refractivity (Wildman–Crippen MR) is 70.3 cm³/mol. The summed E-state index contributed by atoms with van der Waals surface area (Å²) in [7, 11) is 0. The molecule has 1 heterocycles. The van der Waals surface area contributed by atoms with Crippen LogP contribution >= 0.6 is 0 Å². The van der Waals surface area contributed by atoms with Crippen molar-refractivity contribution in [2.45, 2.75) is 25.3 Å². The molecule has 18 heavy (non-hydrogen) atoms. The van der Waals surface area contributed by atoms with Gasteiger partial charge in [0, 0.05) is 19.1 Å². The van der Waals surface area contributed by atoms with Crippen LogP contribution in [0.15, 0.2) is 30.3 Å². The van der Waals surface area contributed by atoms with Crippen LogP contribution in [-0.2, 0) is 4.79 Å². The van der Waals surface area contributed by atoms with Crippen molar-refractivity contribution in [1.29, 1.82) is 0 Å². The monoisotopic (exact) mass is 248 g/mol. The van der Waals surface area contributed by atoms with E-state index in [1.165, 1.54) is 0 Å². The number of para-hydroxylation sites is 1. The zero-order valence-corrected chi connectivity index (χ0v) is 10.5. The minimum Gasteiger partial charge on any atom is -0.493 e. The summed E-state index contributed by atoms with van der Waals surface area (Å²) in [6.07, 6.45) is 2.44. The first-order chi connectivity index (χ1) is 8.75. The lowest BCUT2D eigenvalue weighted by Crippen LogP contribution is -2.46. The first-order valence-electron chi connectivity index (χ1n) is 6.47. The van der Waals surface area contributed by atoms with Gasteiger partial charge in [-0.3, -0.25) is 4.79 Å². The van der Waals surface area contributed by atoms with Crippen LogP contribution in [0.2, 0.25) is 0 Å². The number of carbonyl (C=O) groups excluding carboxylic acids is 1. The standard InChI is InChI=1S/C14H20N2O2/c15-12-5-4-9-16(11-12)14(17)8-10-18-13-6-2-1-3-7-13/h1-3,6-7,12H,4-5,8-11,15H2/t12-/m1/s1. The molecule has 0 radical (unpaired) electrons. The molecule has 1 aliphatic heterocycles. The molecule has 1 amide bonds. The summed E-state index contributed by atoms with van der Waals surface area (Å²) < 4.78 is 5.52. The van der Waals surface area contributed by atoms with Crippen LogP contribution in [0.1, 0.15) is 19.3 Å². The van der Waals surface area contributed by atoms with Crippen molar-refractivity contribution in [3.63, 3.8) is 0 Å². The zero-order valence-electron chi connectivity index (χ0n) is 10.5. The summed E-state index contributed by atoms with van der Waals surface area (Å²) in [6, 6.07) is 9.69. The van der Waals surface area contributed by atoms with Gasteiger partial charge in [-0.15, -0.1) is 0 Å². The molecule has 2 N–H and O–H groups in total. The van der Waals surface area contributed by atoms with Gasteiger partial charge in [0.05, 0.1) is 13.0 Å². The van der Waals surface area contributed by atoms with E-state index in [0.717, 1.165) is 25.1 Å². The Bertz CT molecular complexity index is 381. The highest BCUT2D eigenvalue weighted by Gasteiger charge is 2.20. The van der Waals surface area contributed by atoms with Crippen molar-refractivity contribution >= 4 is 5.91 Å². The van der Waals surface area contributed by atoms with Crippen molar-refractivity contribution in [2.75, 3.05) is 19.7 Å². The van der Waals surface area contributed by atoms with E-state index in [1.54, 1.807) is 0 Å². The van der Waals surface area contributed by atoms with Gasteiger partial charge in [-0.25, -0.2) is 0 Å². The third-order valence-electron chi connectivity index (χ3n) is 3.14. The molecule has 0 spiro atoms. The topological polar surface area (TPSA) is 55.6 Å². The Morgan fingerprint density at radius 2 is 2.17 bits per heavy atom. The average molecular weight is 248 g/mol. The maximum atomic E-state index is 11.9. The molecule has 1 aliphatic rings. The van der Waals surface area contributed by atoms with E-state index in [9.17, 15) is 4.79 Å². The molecule has 4 nitrogen and oxygen atoms in total. The lowest BCUT2D eigenvalue weighted by molar-refractivity contribution is -0.132. The molecule has 1 aromatic rings. The molecule has 4 heteroatoms. The number of nitrogens with two attached hydrogens (primary N) is 1. The SMILES string of the molecule is N[C@@H]1CCCN(C(=O)CCOc2ccccc2)C1. The molecule has 98 valence electrons. The van der Waals surface area contributed by atoms with Crippen molar-refractivity contribution in [2.24, 2.45) is 5.73 Å². The minimum atomic E-state index is 0.137. The van der Waals surface area contributed by atoms with Gasteiger partial charge < -0.3 is 15.4 Å². The van der Waals surface area contributed by atoms with Crippen LogP contribution in [0, 0.1) is 0 Å². The van der Waals surface area contributed by atoms with Crippen LogP contribution < -0.4 is 10.5 Å². The molecular weight excluding hydrogens is 228 g/mol. The van der Waals surface area contributed by atoms with Crippen molar-refractivity contribution in [1.82, 2.24) is 4.90 Å². The normalized spacial score (nSPS) is 19.6. The van der Waals surface area contributed by atoms with Gasteiger partial charge in [-0.05, 0) is 25.0 Å². The summed E-state index contributed by atoms with van der Waals surface area (Å²) >= 11 is 0. The number of nitrogens with zero attached hydrogens (tertiary/aromatic N) is 1. The number of piperidine rings is 1. The van der Waals surface area contributed by atoms with Gasteiger partial charge in [0.2, 0.25) is 5.91 Å². The molecule has 2 rings (SSSR count). The molecule has 1 atom stereocenters. The van der Waals surface area contributed by atoms with Crippen LogP contribution in [-0.4, -0.2) is 36.5 Å². The number of likely N-dealkylation sites (tertiary alicyclic amines) is 1. The molecule has 0 saturated carbocycles. The Morgan fingerprint density at radius 1 is 1.39 bits per heavy atom. The number of carbonyl (C=O) groups is 1. The summed E-state index contributed by atoms with van der Waals surface area (Å²) in [4.78, 5) is 13.8. The van der Waals surface area contributed by atoms with Crippen LogP contribution in [0.4, 0.5) is 0 Å². The molecule has 0 aliphatic carbocycles. The lowest BCUT2D eigenvalue weighted by Gasteiger charge is -2.30. The number of hydrogen-bond acceptors (Lipinski definition) is 3. The highest BCUT2D eigenvalue weighted by molar-refractivity contribution is 5.76. The number of rotatable bonds is 4. The summed E-state index contributed by atoms with van der Waals surface area (Å²) in [5.41, 5.74) is 5.86. The van der Waals surface area contributed by atoms with Crippen LogP contribution in [0.3, 0.4) is 0 Å². The predicted octanol–water partition coefficient (Wildman–Crippen LogP) is 1.41. The molecule has 1 saturated heterocycles. The second-order valence-corrected chi connectivity index (χ2v) is 4.65. The zero-order chi connectivity index (χ0) is 12.8. The maximum absolute atomic E-state index is 11.9. The second-order valence-electron chi connectivity index (χ2n) is 4.65. The van der Waals surface area contributed by atoms with Crippen molar-refractivity contribution in [3.05, 3.63) is 30.3 Å². The number of amides is 1. The van der Waals surface area contributed by atoms with Gasteiger partial charge in [-0.1, -0.05) is 18.2 Å². The number of benzene rings is 1. The van der Waals surface area contributed by atoms with Gasteiger partial charge in [0.1, 0.15) is 5.75 Å². The van der Waals surface area contributed by atoms with E-state index >= 15 is 0 Å². The molecule has 1 aromatic carbocycles. The van der Waals surface area contributed by atoms with E-state index in [4.69, 9.17) is 10.5 Å². The Kier molecular flexibility index (Phi) is 4.59. The third-order valence-corrected chi connectivity index (χ3v) is 3.14. The highest BCUT2D eigenvalue weighted by Crippen LogP contribution is 2.11. The largest absolute Gasteiger partial charge is 0.493 e. The second kappa shape index (κ2) is 6.40. The van der Waals surface area contributed by atoms with Gasteiger partial charge in [0.15, 0.2) is 0 Å². The van der Waals surface area contributed by atoms with E-state index in [-0.39, 0.29) is 11.9 Å². The quantitative estimate of drug-likeness (QED) is 0.876. The van der Waals surface area contributed by atoms with Crippen molar-refractivity contribution in [3.8, 4) is 5.75 Å². The molecular formula is C14H20N2O2. The molecule has 0 aromatic heterocycles. The van der Waals surface area contributed by atoms with E-state index in [0.29, 0.717) is 19.6 Å². The third kappa shape index (κ3) is 3.74. The Hall–Kier alpha value is -1.55. The molecule has 1 fully saturated rings. The van der Waals surface area contributed by atoms with Gasteiger partial charge >= 0.3 is 0 Å². The fourth-order valence-electron chi connectivity index (χ4n) is 2.17. The summed E-state index contributed by atoms with van der Waals surface area (Å²) in [6.45, 7) is 1.94. The Morgan fingerprint density at radius 3 is 2.89 bits per heavy atom. The summed E-state index contributed by atoms with van der Waals surface area (Å²) in [5, 5.41) is 0. The molecule has 0 bridgehead atoms. The molecule has 0 unspecified atom stereocenters. The van der Waals surface area contributed by atoms with Crippen molar-refractivity contribution < 1.29 is 9.53 Å². The number of ether oxygens (including phenoxy) is 1. The number of hydrogen-bond donors (Lipinski definition) is 1. The minimum absolute atomic E-state index is 0.137. The van der Waals surface area contributed by atoms with E-state index < -0.39 is 0 Å². The maximum Gasteiger partial charge on any atom is 0.226 e. The van der Waals surface area contributed by atoms with Crippen LogP contribution in [0.25, 0.3) is 0 Å². The smallest absolute Gasteiger partial charge is 0.226 e. The van der Waals surface area contributed by atoms with E-state index in [1.807, 2.05) is 35.2 Å². The fraction of sp³-hybridized carbons (Fsp3) is 0.500. The average Bonchev–Trinajstić information content (AvgIpc) is 2.40. The first-order valence-corrected chi connectivity index (χ1v) is 6.47. The van der Waals surface area contributed by atoms with E-state index in [2.05, 4.69) is 0 Å². The fourth-order valence-corrected chi connectivity index (χ4v) is 2.17. The lowest BCUT2D eigenvalue weighted by atomic mass is 10.1. The Balaban J connectivity index is 1.71. The first kappa shape index (κ1) is 12.9. The highest BCUT2D eigenvalue weighted by atomic mass is 16.5.